The third kappa shape index (κ3) is 2.88. The molecule has 1 aliphatic heterocycles. The Bertz CT molecular complexity index is 456. The van der Waals surface area contributed by atoms with E-state index in [-0.39, 0.29) is 23.7 Å². The average Bonchev–Trinajstić information content (AvgIpc) is 2.81. The second kappa shape index (κ2) is 5.77. The van der Waals surface area contributed by atoms with Gasteiger partial charge in [-0.25, -0.2) is 4.39 Å². The van der Waals surface area contributed by atoms with Gasteiger partial charge in [0.1, 0.15) is 5.82 Å². The van der Waals surface area contributed by atoms with Gasteiger partial charge in [-0.05, 0) is 41.2 Å². The Kier molecular flexibility index (Phi) is 4.31. The van der Waals surface area contributed by atoms with Gasteiger partial charge in [0.15, 0.2) is 0 Å². The van der Waals surface area contributed by atoms with E-state index in [0.717, 1.165) is 0 Å². The number of anilines is 1. The number of benzene rings is 1. The number of hydrogen-bond donors (Lipinski definition) is 2. The molecule has 1 aliphatic rings. The van der Waals surface area contributed by atoms with Crippen LogP contribution in [0, 0.1) is 11.7 Å². The lowest BCUT2D eigenvalue weighted by Gasteiger charge is -2.17. The summed E-state index contributed by atoms with van der Waals surface area (Å²) in [5.74, 6) is -0.705. The first-order valence-electron chi connectivity index (χ1n) is 5.62. The molecule has 0 radical (unpaired) electrons. The highest BCUT2D eigenvalue weighted by atomic mass is 79.9. The molecule has 2 rings (SSSR count). The number of ether oxygens (including phenoxy) is 1. The zero-order valence-corrected chi connectivity index (χ0v) is 11.5. The summed E-state index contributed by atoms with van der Waals surface area (Å²) in [7, 11) is 1.80. The quantitative estimate of drug-likeness (QED) is 0.893. The summed E-state index contributed by atoms with van der Waals surface area (Å²) in [5, 5.41) is 5.82. The van der Waals surface area contributed by atoms with Crippen molar-refractivity contribution in [2.75, 3.05) is 25.6 Å². The summed E-state index contributed by atoms with van der Waals surface area (Å²) in [6.07, 6.45) is 0. The first-order chi connectivity index (χ1) is 8.61. The Morgan fingerprint density at radius 3 is 2.94 bits per heavy atom. The maximum absolute atomic E-state index is 12.9. The third-order valence-electron chi connectivity index (χ3n) is 2.98. The van der Waals surface area contributed by atoms with E-state index in [9.17, 15) is 9.18 Å². The molecule has 2 N–H and O–H groups in total. The topological polar surface area (TPSA) is 50.4 Å². The third-order valence-corrected chi connectivity index (χ3v) is 3.63. The molecule has 0 spiro atoms. The van der Waals surface area contributed by atoms with Gasteiger partial charge in [-0.2, -0.15) is 0 Å². The van der Waals surface area contributed by atoms with Crippen LogP contribution >= 0.6 is 15.9 Å². The van der Waals surface area contributed by atoms with Crippen molar-refractivity contribution in [3.05, 3.63) is 28.5 Å². The maximum atomic E-state index is 12.9. The number of nitrogens with one attached hydrogen (secondary N) is 2. The van der Waals surface area contributed by atoms with E-state index in [1.54, 1.807) is 7.05 Å². The molecular weight excluding hydrogens is 303 g/mol. The molecule has 1 amide bonds. The summed E-state index contributed by atoms with van der Waals surface area (Å²) in [5.41, 5.74) is 0.558. The van der Waals surface area contributed by atoms with E-state index in [1.165, 1.54) is 18.2 Å². The monoisotopic (exact) mass is 316 g/mol. The fraction of sp³-hybridized carbons (Fsp3) is 0.417. The first-order valence-corrected chi connectivity index (χ1v) is 6.42. The SMILES string of the molecule is CNC1COCC1C(=O)Nc1ccc(F)cc1Br. The normalized spacial score (nSPS) is 23.1. The highest BCUT2D eigenvalue weighted by Crippen LogP contribution is 2.24. The van der Waals surface area contributed by atoms with Gasteiger partial charge in [-0.1, -0.05) is 0 Å². The van der Waals surface area contributed by atoms with Gasteiger partial charge in [0.2, 0.25) is 5.91 Å². The minimum atomic E-state index is -0.350. The Hall–Kier alpha value is -0.980. The summed E-state index contributed by atoms with van der Waals surface area (Å²) in [6.45, 7) is 0.926. The van der Waals surface area contributed by atoms with Crippen LogP contribution in [-0.4, -0.2) is 32.2 Å². The Morgan fingerprint density at radius 1 is 1.50 bits per heavy atom. The second-order valence-corrected chi connectivity index (χ2v) is 5.01. The molecule has 18 heavy (non-hydrogen) atoms. The Morgan fingerprint density at radius 2 is 2.28 bits per heavy atom. The summed E-state index contributed by atoms with van der Waals surface area (Å²) < 4.78 is 18.7. The largest absolute Gasteiger partial charge is 0.379 e. The molecule has 0 aromatic heterocycles. The van der Waals surface area contributed by atoms with Gasteiger partial charge in [0.05, 0.1) is 24.8 Å². The van der Waals surface area contributed by atoms with Gasteiger partial charge >= 0.3 is 0 Å². The number of amides is 1. The van der Waals surface area contributed by atoms with Crippen molar-refractivity contribution in [3.63, 3.8) is 0 Å². The predicted octanol–water partition coefficient (Wildman–Crippen LogP) is 1.76. The fourth-order valence-corrected chi connectivity index (χ4v) is 2.36. The van der Waals surface area contributed by atoms with Crippen molar-refractivity contribution >= 4 is 27.5 Å². The molecule has 2 unspecified atom stereocenters. The fourth-order valence-electron chi connectivity index (χ4n) is 1.91. The van der Waals surface area contributed by atoms with Gasteiger partial charge < -0.3 is 15.4 Å². The van der Waals surface area contributed by atoms with E-state index in [2.05, 4.69) is 26.6 Å². The molecule has 0 bridgehead atoms. The minimum absolute atomic E-state index is 0.0178. The first kappa shape index (κ1) is 13.5. The minimum Gasteiger partial charge on any atom is -0.379 e. The van der Waals surface area contributed by atoms with Crippen LogP contribution in [0.1, 0.15) is 0 Å². The van der Waals surface area contributed by atoms with Gasteiger partial charge in [0, 0.05) is 10.5 Å². The standard InChI is InChI=1S/C12H14BrFN2O2/c1-15-11-6-18-5-8(11)12(17)16-10-3-2-7(14)4-9(10)13/h2-4,8,11,15H,5-6H2,1H3,(H,16,17). The lowest BCUT2D eigenvalue weighted by Crippen LogP contribution is -2.39. The Labute approximate surface area is 113 Å². The van der Waals surface area contributed by atoms with Crippen molar-refractivity contribution in [3.8, 4) is 0 Å². The molecule has 1 saturated heterocycles. The van der Waals surface area contributed by atoms with Crippen LogP contribution in [0.3, 0.4) is 0 Å². The maximum Gasteiger partial charge on any atom is 0.231 e. The molecule has 0 saturated carbocycles. The lowest BCUT2D eigenvalue weighted by molar-refractivity contribution is -0.120. The van der Waals surface area contributed by atoms with Crippen LogP contribution < -0.4 is 10.6 Å². The van der Waals surface area contributed by atoms with E-state index in [4.69, 9.17) is 4.74 Å². The predicted molar refractivity (Wildman–Crippen MR) is 69.9 cm³/mol. The van der Waals surface area contributed by atoms with E-state index in [1.807, 2.05) is 0 Å². The summed E-state index contributed by atoms with van der Waals surface area (Å²) in [4.78, 5) is 12.1. The van der Waals surface area contributed by atoms with Crippen molar-refractivity contribution in [1.29, 1.82) is 0 Å². The zero-order chi connectivity index (χ0) is 13.1. The lowest BCUT2D eigenvalue weighted by atomic mass is 10.0. The van der Waals surface area contributed by atoms with Crippen molar-refractivity contribution in [2.24, 2.45) is 5.92 Å². The molecule has 2 atom stereocenters. The van der Waals surface area contributed by atoms with Crippen LogP contribution in [0.4, 0.5) is 10.1 Å². The van der Waals surface area contributed by atoms with Crippen molar-refractivity contribution < 1.29 is 13.9 Å². The number of halogens is 2. The number of rotatable bonds is 3. The molecule has 4 nitrogen and oxygen atoms in total. The molecule has 0 aliphatic carbocycles. The van der Waals surface area contributed by atoms with Gasteiger partial charge in [-0.3, -0.25) is 4.79 Å². The molecule has 1 fully saturated rings. The zero-order valence-electron chi connectivity index (χ0n) is 9.87. The molecular formula is C12H14BrFN2O2. The van der Waals surface area contributed by atoms with Crippen LogP contribution in [0.5, 0.6) is 0 Å². The highest BCUT2D eigenvalue weighted by Gasteiger charge is 2.33. The van der Waals surface area contributed by atoms with Crippen molar-refractivity contribution in [1.82, 2.24) is 5.32 Å². The number of carbonyl (C=O) groups is 1. The van der Waals surface area contributed by atoms with E-state index < -0.39 is 0 Å². The molecule has 1 heterocycles. The summed E-state index contributed by atoms with van der Waals surface area (Å²) >= 11 is 3.21. The average molecular weight is 317 g/mol. The van der Waals surface area contributed by atoms with Gasteiger partial charge in [-0.15, -0.1) is 0 Å². The molecule has 6 heteroatoms. The number of carbonyl (C=O) groups excluding carboxylic acids is 1. The second-order valence-electron chi connectivity index (χ2n) is 4.15. The smallest absolute Gasteiger partial charge is 0.231 e. The number of hydrogen-bond acceptors (Lipinski definition) is 3. The van der Waals surface area contributed by atoms with E-state index >= 15 is 0 Å². The van der Waals surface area contributed by atoms with Crippen LogP contribution in [0.25, 0.3) is 0 Å². The number of likely N-dealkylation sites (N-methyl/N-ethyl adjacent to an activating group) is 1. The van der Waals surface area contributed by atoms with Crippen LogP contribution in [0.15, 0.2) is 22.7 Å². The Balaban J connectivity index is 2.07. The van der Waals surface area contributed by atoms with E-state index in [0.29, 0.717) is 23.4 Å². The molecule has 1 aromatic rings. The van der Waals surface area contributed by atoms with Gasteiger partial charge in [0.25, 0.3) is 0 Å². The van der Waals surface area contributed by atoms with Crippen LogP contribution in [-0.2, 0) is 9.53 Å². The summed E-state index contributed by atoms with van der Waals surface area (Å²) in [6, 6.07) is 4.17. The molecule has 98 valence electrons. The van der Waals surface area contributed by atoms with Crippen LogP contribution in [0.2, 0.25) is 0 Å². The highest BCUT2D eigenvalue weighted by molar-refractivity contribution is 9.10. The molecule has 1 aromatic carbocycles. The van der Waals surface area contributed by atoms with Crippen molar-refractivity contribution in [2.45, 2.75) is 6.04 Å².